The Labute approximate surface area is 157 Å². The summed E-state index contributed by atoms with van der Waals surface area (Å²) in [5.74, 6) is 0.279. The minimum absolute atomic E-state index is 0.0107. The van der Waals surface area contributed by atoms with Crippen molar-refractivity contribution in [3.8, 4) is 0 Å². The lowest BCUT2D eigenvalue weighted by Crippen LogP contribution is -2.37. The van der Waals surface area contributed by atoms with Crippen molar-refractivity contribution in [1.29, 1.82) is 0 Å². The molecular weight excluding hydrogens is 332 g/mol. The maximum Gasteiger partial charge on any atom is 0.317 e. The number of aliphatic hydroxyl groups excluding tert-OH is 1. The number of unbranched alkanes of at least 4 members (excludes halogenated alkanes) is 3. The van der Waals surface area contributed by atoms with E-state index < -0.39 is 0 Å². The van der Waals surface area contributed by atoms with Crippen LogP contribution in [0.15, 0.2) is 0 Å². The number of hydrogen-bond donors (Lipinski definition) is 2. The van der Waals surface area contributed by atoms with E-state index in [0.29, 0.717) is 31.8 Å². The summed E-state index contributed by atoms with van der Waals surface area (Å²) in [6.07, 6.45) is 11.9. The molecule has 2 fully saturated rings. The lowest BCUT2D eigenvalue weighted by Gasteiger charge is -2.29. The highest BCUT2D eigenvalue weighted by atomic mass is 16.5. The van der Waals surface area contributed by atoms with Gasteiger partial charge in [0.1, 0.15) is 0 Å². The van der Waals surface area contributed by atoms with Gasteiger partial charge in [-0.3, -0.25) is 4.79 Å². The van der Waals surface area contributed by atoms with Gasteiger partial charge in [0.2, 0.25) is 0 Å². The molecular formula is C20H36N2O4. The van der Waals surface area contributed by atoms with Crippen molar-refractivity contribution >= 4 is 12.0 Å². The molecule has 0 aromatic heterocycles. The van der Waals surface area contributed by atoms with Gasteiger partial charge in [0.05, 0.1) is 19.3 Å². The molecule has 2 aliphatic rings. The summed E-state index contributed by atoms with van der Waals surface area (Å²) in [7, 11) is 1.42. The highest BCUT2D eigenvalue weighted by molar-refractivity contribution is 5.76. The molecule has 0 aromatic carbocycles. The van der Waals surface area contributed by atoms with Gasteiger partial charge in [0, 0.05) is 19.5 Å². The Morgan fingerprint density at radius 3 is 2.69 bits per heavy atom. The van der Waals surface area contributed by atoms with Crippen LogP contribution in [0.5, 0.6) is 0 Å². The molecule has 2 N–H and O–H groups in total. The summed E-state index contributed by atoms with van der Waals surface area (Å²) in [5.41, 5.74) is 0. The minimum atomic E-state index is -0.275. The van der Waals surface area contributed by atoms with E-state index in [-0.39, 0.29) is 24.1 Å². The third-order valence-corrected chi connectivity index (χ3v) is 5.95. The quantitative estimate of drug-likeness (QED) is 0.433. The molecule has 2 atom stereocenters. The maximum atomic E-state index is 12.1. The molecule has 1 aliphatic heterocycles. The molecule has 1 saturated carbocycles. The Hall–Kier alpha value is -1.30. The third-order valence-electron chi connectivity index (χ3n) is 5.95. The van der Waals surface area contributed by atoms with Gasteiger partial charge in [0.25, 0.3) is 0 Å². The predicted octanol–water partition coefficient (Wildman–Crippen LogP) is 3.23. The Balaban J connectivity index is 1.63. The van der Waals surface area contributed by atoms with Crippen LogP contribution < -0.4 is 5.32 Å². The van der Waals surface area contributed by atoms with Crippen LogP contribution in [-0.2, 0) is 9.53 Å². The number of ether oxygens (including phenoxy) is 1. The Morgan fingerprint density at radius 2 is 1.96 bits per heavy atom. The van der Waals surface area contributed by atoms with E-state index in [1.807, 2.05) is 4.90 Å². The van der Waals surface area contributed by atoms with Crippen LogP contribution in [-0.4, -0.2) is 54.4 Å². The fourth-order valence-electron chi connectivity index (χ4n) is 4.26. The largest absolute Gasteiger partial charge is 0.469 e. The second kappa shape index (κ2) is 11.4. The molecule has 0 radical (unpaired) electrons. The van der Waals surface area contributed by atoms with Crippen LogP contribution in [0.3, 0.4) is 0 Å². The highest BCUT2D eigenvalue weighted by Crippen LogP contribution is 2.28. The first-order chi connectivity index (χ1) is 12.6. The van der Waals surface area contributed by atoms with Crippen LogP contribution >= 0.6 is 0 Å². The SMILES string of the molecule is COC(=O)CCCCCCC1CNC(=O)N1CCC(O)C1CCCCC1. The zero-order valence-electron chi connectivity index (χ0n) is 16.3. The zero-order valence-corrected chi connectivity index (χ0v) is 16.3. The average molecular weight is 369 g/mol. The summed E-state index contributed by atoms with van der Waals surface area (Å²) in [5, 5.41) is 13.4. The first-order valence-electron chi connectivity index (χ1n) is 10.4. The summed E-state index contributed by atoms with van der Waals surface area (Å²) in [6.45, 7) is 1.36. The topological polar surface area (TPSA) is 78.9 Å². The zero-order chi connectivity index (χ0) is 18.8. The van der Waals surface area contributed by atoms with E-state index >= 15 is 0 Å². The lowest BCUT2D eigenvalue weighted by atomic mass is 9.84. The molecule has 150 valence electrons. The van der Waals surface area contributed by atoms with Gasteiger partial charge in [0.15, 0.2) is 0 Å². The standard InChI is InChI=1S/C20H36N2O4/c1-26-19(24)12-8-3-2-7-11-17-15-21-20(25)22(17)14-13-18(23)16-9-5-4-6-10-16/h16-18,23H,2-15H2,1H3,(H,21,25). The fourth-order valence-corrected chi connectivity index (χ4v) is 4.26. The number of methoxy groups -OCH3 is 1. The molecule has 2 rings (SSSR count). The number of aliphatic hydroxyl groups is 1. The van der Waals surface area contributed by atoms with Crippen molar-refractivity contribution in [1.82, 2.24) is 10.2 Å². The Kier molecular flexibility index (Phi) is 9.23. The first-order valence-corrected chi connectivity index (χ1v) is 10.4. The third kappa shape index (κ3) is 6.78. The number of amides is 2. The van der Waals surface area contributed by atoms with Gasteiger partial charge in [-0.15, -0.1) is 0 Å². The molecule has 1 heterocycles. The van der Waals surface area contributed by atoms with Gasteiger partial charge in [-0.1, -0.05) is 38.5 Å². The number of carbonyl (C=O) groups excluding carboxylic acids is 2. The predicted molar refractivity (Wildman–Crippen MR) is 101 cm³/mol. The number of esters is 1. The van der Waals surface area contributed by atoms with Crippen molar-refractivity contribution in [2.24, 2.45) is 5.92 Å². The summed E-state index contributed by atoms with van der Waals surface area (Å²) >= 11 is 0. The monoisotopic (exact) mass is 368 g/mol. The number of hydrogen-bond acceptors (Lipinski definition) is 4. The molecule has 6 heteroatoms. The summed E-state index contributed by atoms with van der Waals surface area (Å²) < 4.78 is 4.64. The molecule has 2 unspecified atom stereocenters. The van der Waals surface area contributed by atoms with Crippen LogP contribution in [0.1, 0.15) is 77.0 Å². The number of urea groups is 1. The van der Waals surface area contributed by atoms with Crippen LogP contribution in [0.25, 0.3) is 0 Å². The van der Waals surface area contributed by atoms with E-state index in [0.717, 1.165) is 44.9 Å². The Morgan fingerprint density at radius 1 is 1.23 bits per heavy atom. The van der Waals surface area contributed by atoms with Gasteiger partial charge >= 0.3 is 12.0 Å². The minimum Gasteiger partial charge on any atom is -0.469 e. The van der Waals surface area contributed by atoms with Crippen molar-refractivity contribution in [2.45, 2.75) is 89.2 Å². The van der Waals surface area contributed by atoms with E-state index in [1.54, 1.807) is 0 Å². The van der Waals surface area contributed by atoms with E-state index in [9.17, 15) is 14.7 Å². The lowest BCUT2D eigenvalue weighted by molar-refractivity contribution is -0.140. The van der Waals surface area contributed by atoms with Crippen molar-refractivity contribution in [2.75, 3.05) is 20.2 Å². The highest BCUT2D eigenvalue weighted by Gasteiger charge is 2.31. The van der Waals surface area contributed by atoms with Gasteiger partial charge in [-0.25, -0.2) is 4.79 Å². The maximum absolute atomic E-state index is 12.1. The number of carbonyl (C=O) groups is 2. The van der Waals surface area contributed by atoms with Crippen molar-refractivity contribution < 1.29 is 19.4 Å². The summed E-state index contributed by atoms with van der Waals surface area (Å²) in [6, 6.07) is 0.248. The van der Waals surface area contributed by atoms with E-state index in [1.165, 1.54) is 26.4 Å². The molecule has 0 bridgehead atoms. The average Bonchev–Trinajstić information content (AvgIpc) is 3.02. The van der Waals surface area contributed by atoms with Crippen LogP contribution in [0.4, 0.5) is 4.79 Å². The molecule has 2 amide bonds. The van der Waals surface area contributed by atoms with Crippen molar-refractivity contribution in [3.05, 3.63) is 0 Å². The molecule has 0 spiro atoms. The molecule has 1 aliphatic carbocycles. The van der Waals surface area contributed by atoms with E-state index in [2.05, 4.69) is 10.1 Å². The second-order valence-corrected chi connectivity index (χ2v) is 7.82. The van der Waals surface area contributed by atoms with Crippen molar-refractivity contribution in [3.63, 3.8) is 0 Å². The van der Waals surface area contributed by atoms with Gasteiger partial charge < -0.3 is 20.1 Å². The van der Waals surface area contributed by atoms with Gasteiger partial charge in [-0.2, -0.15) is 0 Å². The van der Waals surface area contributed by atoms with Crippen LogP contribution in [0.2, 0.25) is 0 Å². The number of rotatable bonds is 11. The number of nitrogens with zero attached hydrogens (tertiary/aromatic N) is 1. The fraction of sp³-hybridized carbons (Fsp3) is 0.900. The molecule has 6 nitrogen and oxygen atoms in total. The van der Waals surface area contributed by atoms with Crippen LogP contribution in [0, 0.1) is 5.92 Å². The molecule has 26 heavy (non-hydrogen) atoms. The smallest absolute Gasteiger partial charge is 0.317 e. The van der Waals surface area contributed by atoms with E-state index in [4.69, 9.17) is 0 Å². The Bertz CT molecular complexity index is 438. The van der Waals surface area contributed by atoms with Gasteiger partial charge in [-0.05, 0) is 38.0 Å². The molecule has 0 aromatic rings. The molecule has 1 saturated heterocycles. The number of nitrogens with one attached hydrogen (secondary N) is 1. The summed E-state index contributed by atoms with van der Waals surface area (Å²) in [4.78, 5) is 25.1. The first kappa shape index (κ1) is 21.0. The normalized spacial score (nSPS) is 22.3. The second-order valence-electron chi connectivity index (χ2n) is 7.82.